The second-order valence-corrected chi connectivity index (χ2v) is 8.64. The van der Waals surface area contributed by atoms with Crippen molar-refractivity contribution in [2.24, 2.45) is 0 Å². The van der Waals surface area contributed by atoms with Crippen LogP contribution in [0.3, 0.4) is 0 Å². The van der Waals surface area contributed by atoms with Gasteiger partial charge in [-0.3, -0.25) is 4.90 Å². The van der Waals surface area contributed by atoms with Gasteiger partial charge in [-0.15, -0.1) is 0 Å². The average Bonchev–Trinajstić information content (AvgIpc) is 2.59. The van der Waals surface area contributed by atoms with Crippen LogP contribution >= 0.6 is 20.1 Å². The molecular weight excluding hydrogens is 385 g/mol. The monoisotopic (exact) mass is 413 g/mol. The minimum atomic E-state index is -0.181. The minimum absolute atomic E-state index is 0.181. The van der Waals surface area contributed by atoms with Gasteiger partial charge in [-0.25, -0.2) is 0 Å². The first-order valence-electron chi connectivity index (χ1n) is 8.15. The molecule has 1 aliphatic heterocycles. The number of hydrogen-bond acceptors (Lipinski definition) is 4. The molecule has 1 heterocycles. The van der Waals surface area contributed by atoms with Crippen LogP contribution in [0.2, 0.25) is 0 Å². The third kappa shape index (κ3) is 7.93. The number of benzene rings is 1. The molecule has 1 aromatic carbocycles. The first-order valence-corrected chi connectivity index (χ1v) is 11.7. The number of phenols is 1. The topological polar surface area (TPSA) is 30.0 Å². The molecule has 0 saturated carbocycles. The van der Waals surface area contributed by atoms with Gasteiger partial charge in [-0.1, -0.05) is 17.7 Å². The van der Waals surface area contributed by atoms with Crippen LogP contribution in [0.5, 0.6) is 5.75 Å². The molecule has 1 fully saturated rings. The van der Waals surface area contributed by atoms with E-state index in [2.05, 4.69) is 41.8 Å². The van der Waals surface area contributed by atoms with Crippen LogP contribution in [0.1, 0.15) is 16.7 Å². The zero-order valence-corrected chi connectivity index (χ0v) is 17.8. The third-order valence-corrected chi connectivity index (χ3v) is 4.38. The van der Waals surface area contributed by atoms with Gasteiger partial charge < -0.3 is 14.9 Å². The average molecular weight is 414 g/mol. The van der Waals surface area contributed by atoms with Gasteiger partial charge in [0, 0.05) is 51.4 Å². The molecule has 1 N–H and O–H groups in total. The van der Waals surface area contributed by atoms with Crippen molar-refractivity contribution in [1.82, 2.24) is 14.7 Å². The zero-order chi connectivity index (χ0) is 18.1. The van der Waals surface area contributed by atoms with Gasteiger partial charge in [-0.05, 0) is 33.5 Å². The quantitative estimate of drug-likeness (QED) is 0.806. The summed E-state index contributed by atoms with van der Waals surface area (Å²) >= 11 is -0.181. The number of nitrogens with zero attached hydrogens (tertiary/aromatic N) is 3. The Bertz CT molecular complexity index is 491. The molecule has 4 nitrogen and oxygen atoms in total. The van der Waals surface area contributed by atoms with Crippen LogP contribution in [0.15, 0.2) is 12.1 Å². The van der Waals surface area contributed by atoms with E-state index >= 15 is 0 Å². The van der Waals surface area contributed by atoms with Crippen molar-refractivity contribution in [3.8, 4) is 5.75 Å². The summed E-state index contributed by atoms with van der Waals surface area (Å²) in [7, 11) is 14.0. The summed E-state index contributed by atoms with van der Waals surface area (Å²) < 4.78 is 0. The van der Waals surface area contributed by atoms with Crippen molar-refractivity contribution in [2.45, 2.75) is 20.4 Å². The molecule has 1 aliphatic rings. The Morgan fingerprint density at radius 2 is 1.42 bits per heavy atom. The molecule has 1 aromatic rings. The second kappa shape index (κ2) is 11.6. The molecule has 7 heteroatoms. The summed E-state index contributed by atoms with van der Waals surface area (Å²) in [4.78, 5) is 7.22. The Kier molecular flexibility index (Phi) is 10.7. The van der Waals surface area contributed by atoms with E-state index in [4.69, 9.17) is 20.1 Å². The Labute approximate surface area is 161 Å². The number of halogens is 2. The number of likely N-dealkylation sites (N-methyl/N-ethyl adjacent to an activating group) is 2. The SMILES string of the molecule is Cc1cc(C)c(O)c(CN2CCN(C)CCN(C)CC2)c1.[Cl][Cr][Cl]. The van der Waals surface area contributed by atoms with Crippen LogP contribution in [0.4, 0.5) is 0 Å². The number of hydrogen-bond donors (Lipinski definition) is 1. The molecule has 0 radical (unpaired) electrons. The van der Waals surface area contributed by atoms with Crippen molar-refractivity contribution in [1.29, 1.82) is 0 Å². The second-order valence-electron chi connectivity index (χ2n) is 6.53. The van der Waals surface area contributed by atoms with Crippen molar-refractivity contribution in [3.05, 3.63) is 28.8 Å². The molecule has 138 valence electrons. The number of aromatic hydroxyl groups is 1. The van der Waals surface area contributed by atoms with Crippen molar-refractivity contribution >= 4 is 20.1 Å². The van der Waals surface area contributed by atoms with E-state index in [1.807, 2.05) is 13.0 Å². The van der Waals surface area contributed by atoms with E-state index in [1.165, 1.54) is 5.56 Å². The Balaban J connectivity index is 0.000000891. The van der Waals surface area contributed by atoms with Crippen LogP contribution in [0, 0.1) is 13.8 Å². The van der Waals surface area contributed by atoms with Crippen LogP contribution in [-0.4, -0.2) is 73.2 Å². The predicted octanol–water partition coefficient (Wildman–Crippen LogP) is 3.06. The molecule has 2 rings (SSSR count). The van der Waals surface area contributed by atoms with Crippen LogP contribution in [-0.2, 0) is 19.9 Å². The van der Waals surface area contributed by atoms with E-state index in [1.54, 1.807) is 0 Å². The van der Waals surface area contributed by atoms with Gasteiger partial charge >= 0.3 is 33.5 Å². The number of aryl methyl sites for hydroxylation is 2. The number of rotatable bonds is 2. The van der Waals surface area contributed by atoms with E-state index in [0.29, 0.717) is 5.75 Å². The first kappa shape index (κ1) is 22.1. The maximum atomic E-state index is 10.3. The Hall–Kier alpha value is 0.0125. The predicted molar refractivity (Wildman–Crippen MR) is 99.6 cm³/mol. The first-order chi connectivity index (χ1) is 11.4. The summed E-state index contributed by atoms with van der Waals surface area (Å²) in [5.74, 6) is 0.460. The van der Waals surface area contributed by atoms with Crippen molar-refractivity contribution < 1.29 is 18.5 Å². The van der Waals surface area contributed by atoms with E-state index in [9.17, 15) is 5.11 Å². The molecule has 0 unspecified atom stereocenters. The Morgan fingerprint density at radius 3 is 1.92 bits per heavy atom. The molecule has 0 aromatic heterocycles. The normalized spacial score (nSPS) is 18.2. The molecule has 0 aliphatic carbocycles. The van der Waals surface area contributed by atoms with Gasteiger partial charge in [0.25, 0.3) is 0 Å². The third-order valence-electron chi connectivity index (χ3n) is 4.38. The molecule has 0 atom stereocenters. The zero-order valence-electron chi connectivity index (χ0n) is 15.1. The molecule has 0 bridgehead atoms. The van der Waals surface area contributed by atoms with Gasteiger partial charge in [0.2, 0.25) is 0 Å². The summed E-state index contributed by atoms with van der Waals surface area (Å²) in [5.41, 5.74) is 3.25. The van der Waals surface area contributed by atoms with E-state index in [-0.39, 0.29) is 13.4 Å². The molecule has 0 amide bonds. The van der Waals surface area contributed by atoms with Gasteiger partial charge in [0.1, 0.15) is 5.75 Å². The van der Waals surface area contributed by atoms with Crippen LogP contribution < -0.4 is 0 Å². The van der Waals surface area contributed by atoms with Gasteiger partial charge in [0.05, 0.1) is 0 Å². The fraction of sp³-hybridized carbons (Fsp3) is 0.647. The molecule has 0 spiro atoms. The van der Waals surface area contributed by atoms with Gasteiger partial charge in [-0.2, -0.15) is 0 Å². The summed E-state index contributed by atoms with van der Waals surface area (Å²) in [6.45, 7) is 11.4. The molecule has 1 saturated heterocycles. The summed E-state index contributed by atoms with van der Waals surface area (Å²) in [5, 5.41) is 10.3. The van der Waals surface area contributed by atoms with Crippen LogP contribution in [0.25, 0.3) is 0 Å². The standard InChI is InChI=1S/C17H29N3O.2ClH.Cr/c1-14-11-15(2)17(21)16(12-14)13-20-9-7-18(3)5-6-19(4)8-10-20;;;/h11-12,21H,5-10,13H2,1-4H3;2*1H;/q;;;+2/p-2. The van der Waals surface area contributed by atoms with E-state index in [0.717, 1.165) is 56.9 Å². The van der Waals surface area contributed by atoms with Crippen molar-refractivity contribution in [2.75, 3.05) is 53.4 Å². The summed E-state index contributed by atoms with van der Waals surface area (Å²) in [6, 6.07) is 4.15. The summed E-state index contributed by atoms with van der Waals surface area (Å²) in [6.07, 6.45) is 0. The Morgan fingerprint density at radius 1 is 0.958 bits per heavy atom. The number of phenolic OH excluding ortho intramolecular Hbond substituents is 1. The fourth-order valence-corrected chi connectivity index (χ4v) is 2.87. The van der Waals surface area contributed by atoms with Crippen molar-refractivity contribution in [3.63, 3.8) is 0 Å². The molecule has 24 heavy (non-hydrogen) atoms. The fourth-order valence-electron chi connectivity index (χ4n) is 2.87. The maximum absolute atomic E-state index is 10.3. The molecular formula is C17H29Cl2CrN3O. The van der Waals surface area contributed by atoms with E-state index < -0.39 is 0 Å². The van der Waals surface area contributed by atoms with Gasteiger partial charge in [0.15, 0.2) is 0 Å².